The lowest BCUT2D eigenvalue weighted by molar-refractivity contribution is 0.103. The van der Waals surface area contributed by atoms with E-state index in [2.05, 4.69) is 4.98 Å². The van der Waals surface area contributed by atoms with Crippen molar-refractivity contribution < 1.29 is 9.18 Å². The maximum Gasteiger partial charge on any atom is 0.196 e. The van der Waals surface area contributed by atoms with Crippen LogP contribution in [-0.4, -0.2) is 10.8 Å². The molecular formula is C11H7ClFNO. The molecule has 0 fully saturated rings. The Morgan fingerprint density at radius 1 is 1.33 bits per heavy atom. The maximum absolute atomic E-state index is 12.8. The smallest absolute Gasteiger partial charge is 0.196 e. The fraction of sp³-hybridized carbons (Fsp3) is 0. The molecule has 15 heavy (non-hydrogen) atoms. The molecule has 76 valence electrons. The zero-order valence-electron chi connectivity index (χ0n) is 7.63. The summed E-state index contributed by atoms with van der Waals surface area (Å²) in [6.07, 6.45) is 3.21. The Labute approximate surface area is 90.7 Å². The number of benzene rings is 1. The molecule has 0 unspecified atom stereocenters. The zero-order valence-corrected chi connectivity index (χ0v) is 8.38. The standard InChI is InChI=1S/C11H7ClFNO/c12-10-5-8(13)1-2-9(10)11(15)7-3-4-14-6-7/h1-6,14H. The second-order valence-corrected chi connectivity index (χ2v) is 3.46. The lowest BCUT2D eigenvalue weighted by Gasteiger charge is -2.01. The van der Waals surface area contributed by atoms with Crippen molar-refractivity contribution in [3.63, 3.8) is 0 Å². The van der Waals surface area contributed by atoms with Gasteiger partial charge < -0.3 is 4.98 Å². The number of halogens is 2. The Bertz CT molecular complexity index is 493. The Morgan fingerprint density at radius 3 is 2.73 bits per heavy atom. The van der Waals surface area contributed by atoms with Crippen LogP contribution in [-0.2, 0) is 0 Å². The van der Waals surface area contributed by atoms with Gasteiger partial charge in [0.15, 0.2) is 5.78 Å². The molecule has 1 aromatic heterocycles. The number of H-pyrrole nitrogens is 1. The van der Waals surface area contributed by atoms with Crippen molar-refractivity contribution in [1.82, 2.24) is 4.98 Å². The third kappa shape index (κ3) is 1.92. The van der Waals surface area contributed by atoms with Gasteiger partial charge in [-0.2, -0.15) is 0 Å². The van der Waals surface area contributed by atoms with Gasteiger partial charge in [0.05, 0.1) is 5.02 Å². The number of carbonyl (C=O) groups is 1. The van der Waals surface area contributed by atoms with Crippen molar-refractivity contribution >= 4 is 17.4 Å². The van der Waals surface area contributed by atoms with Crippen LogP contribution in [0.3, 0.4) is 0 Å². The molecule has 1 heterocycles. The number of carbonyl (C=O) groups excluding carboxylic acids is 1. The van der Waals surface area contributed by atoms with Gasteiger partial charge in [-0.15, -0.1) is 0 Å². The molecule has 0 spiro atoms. The highest BCUT2D eigenvalue weighted by molar-refractivity contribution is 6.34. The topological polar surface area (TPSA) is 32.9 Å². The summed E-state index contributed by atoms with van der Waals surface area (Å²) in [6.45, 7) is 0. The van der Waals surface area contributed by atoms with E-state index in [0.29, 0.717) is 11.1 Å². The fourth-order valence-corrected chi connectivity index (χ4v) is 1.55. The van der Waals surface area contributed by atoms with E-state index < -0.39 is 5.82 Å². The summed E-state index contributed by atoms with van der Waals surface area (Å²) in [5, 5.41) is 0.126. The van der Waals surface area contributed by atoms with Gasteiger partial charge in [0.25, 0.3) is 0 Å². The molecule has 0 saturated heterocycles. The lowest BCUT2D eigenvalue weighted by Crippen LogP contribution is -2.00. The van der Waals surface area contributed by atoms with Crippen molar-refractivity contribution in [1.29, 1.82) is 0 Å². The van der Waals surface area contributed by atoms with Crippen LogP contribution in [0, 0.1) is 5.82 Å². The summed E-state index contributed by atoms with van der Waals surface area (Å²) in [6, 6.07) is 5.36. The number of hydrogen-bond donors (Lipinski definition) is 1. The highest BCUT2D eigenvalue weighted by Crippen LogP contribution is 2.20. The number of ketones is 1. The summed E-state index contributed by atoms with van der Waals surface area (Å²) in [5.74, 6) is -0.674. The van der Waals surface area contributed by atoms with Crippen molar-refractivity contribution in [2.24, 2.45) is 0 Å². The predicted octanol–water partition coefficient (Wildman–Crippen LogP) is 3.04. The first-order valence-corrected chi connectivity index (χ1v) is 4.69. The molecule has 4 heteroatoms. The molecule has 0 amide bonds. The maximum atomic E-state index is 12.8. The quantitative estimate of drug-likeness (QED) is 0.780. The van der Waals surface area contributed by atoms with E-state index in [1.54, 1.807) is 18.5 Å². The molecule has 0 radical (unpaired) electrons. The minimum absolute atomic E-state index is 0.126. The largest absolute Gasteiger partial charge is 0.367 e. The average molecular weight is 224 g/mol. The van der Waals surface area contributed by atoms with Crippen LogP contribution in [0.2, 0.25) is 5.02 Å². The summed E-state index contributed by atoms with van der Waals surface area (Å²) < 4.78 is 12.8. The molecule has 0 aliphatic carbocycles. The molecule has 0 aliphatic rings. The summed E-state index contributed by atoms with van der Waals surface area (Å²) in [4.78, 5) is 14.6. The minimum atomic E-state index is -0.453. The van der Waals surface area contributed by atoms with Crippen LogP contribution in [0.1, 0.15) is 15.9 Å². The number of rotatable bonds is 2. The number of aromatic nitrogens is 1. The Hall–Kier alpha value is -1.61. The van der Waals surface area contributed by atoms with Crippen LogP contribution in [0.4, 0.5) is 4.39 Å². The van der Waals surface area contributed by atoms with Gasteiger partial charge in [0, 0.05) is 23.5 Å². The van der Waals surface area contributed by atoms with Crippen LogP contribution >= 0.6 is 11.6 Å². The molecule has 2 nitrogen and oxygen atoms in total. The second-order valence-electron chi connectivity index (χ2n) is 3.05. The normalized spacial score (nSPS) is 10.3. The van der Waals surface area contributed by atoms with E-state index in [0.717, 1.165) is 6.07 Å². The van der Waals surface area contributed by atoms with Gasteiger partial charge in [0.2, 0.25) is 0 Å². The van der Waals surface area contributed by atoms with Gasteiger partial charge >= 0.3 is 0 Å². The summed E-state index contributed by atoms with van der Waals surface area (Å²) in [5.41, 5.74) is 0.807. The van der Waals surface area contributed by atoms with Gasteiger partial charge in [-0.3, -0.25) is 4.79 Å². The molecule has 1 aromatic carbocycles. The molecule has 2 rings (SSSR count). The van der Waals surface area contributed by atoms with Crippen molar-refractivity contribution in [2.75, 3.05) is 0 Å². The third-order valence-electron chi connectivity index (χ3n) is 2.04. The fourth-order valence-electron chi connectivity index (χ4n) is 1.29. The van der Waals surface area contributed by atoms with Gasteiger partial charge in [-0.25, -0.2) is 4.39 Å². The van der Waals surface area contributed by atoms with Crippen molar-refractivity contribution in [2.45, 2.75) is 0 Å². The van der Waals surface area contributed by atoms with E-state index in [1.165, 1.54) is 12.1 Å². The Morgan fingerprint density at radius 2 is 2.13 bits per heavy atom. The van der Waals surface area contributed by atoms with E-state index in [1.807, 2.05) is 0 Å². The van der Waals surface area contributed by atoms with E-state index >= 15 is 0 Å². The minimum Gasteiger partial charge on any atom is -0.367 e. The predicted molar refractivity (Wildman–Crippen MR) is 55.6 cm³/mol. The number of aromatic amines is 1. The van der Waals surface area contributed by atoms with Crippen LogP contribution in [0.5, 0.6) is 0 Å². The first-order chi connectivity index (χ1) is 7.18. The first kappa shape index (κ1) is 9.93. The molecule has 0 atom stereocenters. The lowest BCUT2D eigenvalue weighted by atomic mass is 10.1. The van der Waals surface area contributed by atoms with Crippen molar-refractivity contribution in [3.8, 4) is 0 Å². The van der Waals surface area contributed by atoms with E-state index in [9.17, 15) is 9.18 Å². The SMILES string of the molecule is O=C(c1cc[nH]c1)c1ccc(F)cc1Cl. The zero-order chi connectivity index (χ0) is 10.8. The molecule has 0 saturated carbocycles. The van der Waals surface area contributed by atoms with Gasteiger partial charge in [0.1, 0.15) is 5.82 Å². The van der Waals surface area contributed by atoms with Gasteiger partial charge in [-0.05, 0) is 24.3 Å². The Balaban J connectivity index is 2.42. The highest BCUT2D eigenvalue weighted by Gasteiger charge is 2.13. The van der Waals surface area contributed by atoms with Crippen LogP contribution in [0.25, 0.3) is 0 Å². The molecule has 2 aromatic rings. The van der Waals surface area contributed by atoms with Crippen LogP contribution < -0.4 is 0 Å². The molecular weight excluding hydrogens is 217 g/mol. The van der Waals surface area contributed by atoms with E-state index in [-0.39, 0.29) is 10.8 Å². The molecule has 1 N–H and O–H groups in total. The monoisotopic (exact) mass is 223 g/mol. The van der Waals surface area contributed by atoms with Gasteiger partial charge in [-0.1, -0.05) is 11.6 Å². The third-order valence-corrected chi connectivity index (χ3v) is 2.35. The average Bonchev–Trinajstić information content (AvgIpc) is 2.69. The Kier molecular flexibility index (Phi) is 2.56. The first-order valence-electron chi connectivity index (χ1n) is 4.31. The van der Waals surface area contributed by atoms with Crippen LogP contribution in [0.15, 0.2) is 36.7 Å². The van der Waals surface area contributed by atoms with E-state index in [4.69, 9.17) is 11.6 Å². The summed E-state index contributed by atoms with van der Waals surface area (Å²) in [7, 11) is 0. The second kappa shape index (κ2) is 3.87. The summed E-state index contributed by atoms with van der Waals surface area (Å²) >= 11 is 5.77. The number of nitrogens with one attached hydrogen (secondary N) is 1. The molecule has 0 aliphatic heterocycles. The number of hydrogen-bond acceptors (Lipinski definition) is 1. The highest BCUT2D eigenvalue weighted by atomic mass is 35.5. The van der Waals surface area contributed by atoms with Crippen molar-refractivity contribution in [3.05, 3.63) is 58.6 Å². The molecule has 0 bridgehead atoms.